The molecule has 29 heavy (non-hydrogen) atoms. The molecule has 2 amide bonds. The lowest BCUT2D eigenvalue weighted by Gasteiger charge is -2.34. The van der Waals surface area contributed by atoms with Crippen LogP contribution in [0.3, 0.4) is 0 Å². The molecule has 1 aromatic heterocycles. The van der Waals surface area contributed by atoms with Crippen molar-refractivity contribution in [3.63, 3.8) is 0 Å². The minimum absolute atomic E-state index is 0.260. The van der Waals surface area contributed by atoms with Gasteiger partial charge < -0.3 is 14.5 Å². The summed E-state index contributed by atoms with van der Waals surface area (Å²) in [4.78, 5) is 33.5. The lowest BCUT2D eigenvalue weighted by molar-refractivity contribution is -0.123. The Bertz CT molecular complexity index is 976. The van der Waals surface area contributed by atoms with Crippen LogP contribution >= 0.6 is 0 Å². The van der Waals surface area contributed by atoms with Crippen LogP contribution in [-0.4, -0.2) is 43.7 Å². The van der Waals surface area contributed by atoms with Crippen LogP contribution in [0.5, 0.6) is 0 Å². The highest BCUT2D eigenvalue weighted by Gasteiger charge is 2.75. The number of nitrogens with one attached hydrogen (secondary N) is 1. The maximum absolute atomic E-state index is 13.5. The molecule has 1 aliphatic carbocycles. The number of carbonyl (C=O) groups excluding carboxylic acids is 2. The van der Waals surface area contributed by atoms with Crippen molar-refractivity contribution in [3.05, 3.63) is 48.2 Å². The number of hydrogen-bond donors (Lipinski definition) is 1. The van der Waals surface area contributed by atoms with Crippen LogP contribution in [0.2, 0.25) is 0 Å². The molecule has 5 rings (SSSR count). The summed E-state index contributed by atoms with van der Waals surface area (Å²) in [5, 5.41) is 2.61. The highest BCUT2D eigenvalue weighted by molar-refractivity contribution is 6.04. The van der Waals surface area contributed by atoms with Crippen molar-refractivity contribution in [1.82, 2.24) is 4.98 Å². The second-order valence-electron chi connectivity index (χ2n) is 8.19. The number of nitrogens with zero attached hydrogens (tertiary/aromatic N) is 3. The van der Waals surface area contributed by atoms with E-state index in [1.807, 2.05) is 35.2 Å². The van der Waals surface area contributed by atoms with Gasteiger partial charge in [0.25, 0.3) is 0 Å². The van der Waals surface area contributed by atoms with Crippen molar-refractivity contribution in [3.8, 4) is 0 Å². The smallest absolute Gasteiger partial charge is 0.411 e. The summed E-state index contributed by atoms with van der Waals surface area (Å²) in [7, 11) is 1.32. The Morgan fingerprint density at radius 2 is 2.07 bits per heavy atom. The number of fused-ring (bicyclic) bond motifs is 1. The Balaban J connectivity index is 1.34. The molecule has 2 saturated heterocycles. The van der Waals surface area contributed by atoms with E-state index in [0.717, 1.165) is 36.6 Å². The van der Waals surface area contributed by atoms with Gasteiger partial charge in [0.2, 0.25) is 5.91 Å². The number of para-hydroxylation sites is 1. The van der Waals surface area contributed by atoms with E-state index in [4.69, 9.17) is 0 Å². The fraction of sp³-hybridized carbons (Fsp3) is 0.409. The van der Waals surface area contributed by atoms with Crippen molar-refractivity contribution < 1.29 is 14.3 Å². The molecule has 3 atom stereocenters. The third-order valence-electron chi connectivity index (χ3n) is 6.79. The van der Waals surface area contributed by atoms with Gasteiger partial charge in [-0.15, -0.1) is 0 Å². The Hall–Kier alpha value is -3.09. The minimum Gasteiger partial charge on any atom is -0.453 e. The van der Waals surface area contributed by atoms with E-state index in [1.54, 1.807) is 6.20 Å². The summed E-state index contributed by atoms with van der Waals surface area (Å²) in [5.41, 5.74) is 2.48. The van der Waals surface area contributed by atoms with Crippen LogP contribution in [0.4, 0.5) is 22.0 Å². The molecule has 1 spiro atoms. The SMILES string of the molecule is COC(=O)Nc1ccc(N2CCC3C4CN(c5ccccc5C)C(=O)[C@]34C2)nc1. The van der Waals surface area contributed by atoms with Gasteiger partial charge in [0.15, 0.2) is 0 Å². The molecule has 7 heteroatoms. The summed E-state index contributed by atoms with van der Waals surface area (Å²) in [6.45, 7) is 4.48. The molecule has 2 aliphatic heterocycles. The first-order chi connectivity index (χ1) is 14.0. The van der Waals surface area contributed by atoms with E-state index in [-0.39, 0.29) is 11.3 Å². The Morgan fingerprint density at radius 3 is 2.79 bits per heavy atom. The molecule has 1 aromatic carbocycles. The largest absolute Gasteiger partial charge is 0.453 e. The van der Waals surface area contributed by atoms with Crippen molar-refractivity contribution >= 4 is 29.2 Å². The van der Waals surface area contributed by atoms with Crippen molar-refractivity contribution in [2.24, 2.45) is 17.3 Å². The molecule has 1 N–H and O–H groups in total. The highest BCUT2D eigenvalue weighted by Crippen LogP contribution is 2.67. The highest BCUT2D eigenvalue weighted by atomic mass is 16.5. The molecule has 3 aliphatic rings. The van der Waals surface area contributed by atoms with Crippen molar-refractivity contribution in [1.29, 1.82) is 0 Å². The normalized spacial score (nSPS) is 27.3. The lowest BCUT2D eigenvalue weighted by Crippen LogP contribution is -2.45. The maximum atomic E-state index is 13.5. The number of piperidine rings is 2. The number of amides is 2. The molecule has 2 unspecified atom stereocenters. The van der Waals surface area contributed by atoms with Gasteiger partial charge in [-0.25, -0.2) is 9.78 Å². The van der Waals surface area contributed by atoms with E-state index in [2.05, 4.69) is 32.9 Å². The van der Waals surface area contributed by atoms with Gasteiger partial charge in [0, 0.05) is 25.3 Å². The van der Waals surface area contributed by atoms with E-state index in [9.17, 15) is 9.59 Å². The second kappa shape index (κ2) is 6.47. The number of rotatable bonds is 3. The number of carbonyl (C=O) groups is 2. The number of aromatic nitrogens is 1. The van der Waals surface area contributed by atoms with Gasteiger partial charge in [-0.2, -0.15) is 0 Å². The zero-order valence-electron chi connectivity index (χ0n) is 16.6. The van der Waals surface area contributed by atoms with Crippen LogP contribution < -0.4 is 15.1 Å². The molecular weight excluding hydrogens is 368 g/mol. The van der Waals surface area contributed by atoms with Gasteiger partial charge in [-0.05, 0) is 48.9 Å². The van der Waals surface area contributed by atoms with E-state index in [0.29, 0.717) is 24.1 Å². The molecule has 2 aromatic rings. The summed E-state index contributed by atoms with van der Waals surface area (Å²) in [6.07, 6.45) is 2.12. The summed E-state index contributed by atoms with van der Waals surface area (Å²) in [6, 6.07) is 11.8. The first-order valence-electron chi connectivity index (χ1n) is 9.98. The standard InChI is InChI=1S/C22H24N4O3/c1-14-5-3-4-6-18(14)26-12-17-16-9-10-25(13-22(16,17)20(26)27)19-8-7-15(11-23-19)24-21(28)29-2/h3-8,11,16-17H,9-10,12-13H2,1-2H3,(H,24,28)/t16?,17?,22-/m1/s1. The Kier molecular flexibility index (Phi) is 4.01. The quantitative estimate of drug-likeness (QED) is 0.869. The van der Waals surface area contributed by atoms with Gasteiger partial charge in [0.05, 0.1) is 24.4 Å². The fourth-order valence-corrected chi connectivity index (χ4v) is 5.28. The number of pyridine rings is 1. The Labute approximate surface area is 169 Å². The average molecular weight is 392 g/mol. The molecule has 0 bridgehead atoms. The van der Waals surface area contributed by atoms with Crippen LogP contribution in [0.25, 0.3) is 0 Å². The number of aryl methyl sites for hydroxylation is 1. The third-order valence-corrected chi connectivity index (χ3v) is 6.79. The number of methoxy groups -OCH3 is 1. The van der Waals surface area contributed by atoms with Gasteiger partial charge in [-0.3, -0.25) is 10.1 Å². The summed E-state index contributed by atoms with van der Waals surface area (Å²) in [5.74, 6) is 2.02. The topological polar surface area (TPSA) is 74.8 Å². The van der Waals surface area contributed by atoms with Crippen molar-refractivity contribution in [2.45, 2.75) is 13.3 Å². The zero-order chi connectivity index (χ0) is 20.2. The molecule has 0 radical (unpaired) electrons. The monoisotopic (exact) mass is 392 g/mol. The van der Waals surface area contributed by atoms with E-state index < -0.39 is 6.09 Å². The van der Waals surface area contributed by atoms with Crippen LogP contribution in [-0.2, 0) is 9.53 Å². The predicted octanol–water partition coefficient (Wildman–Crippen LogP) is 3.06. The van der Waals surface area contributed by atoms with Crippen molar-refractivity contribution in [2.75, 3.05) is 41.9 Å². The fourth-order valence-electron chi connectivity index (χ4n) is 5.28. The van der Waals surface area contributed by atoms with Crippen LogP contribution in [0, 0.1) is 24.2 Å². The van der Waals surface area contributed by atoms with E-state index >= 15 is 0 Å². The molecule has 150 valence electrons. The molecule has 3 heterocycles. The first kappa shape index (κ1) is 18.0. The first-order valence-corrected chi connectivity index (χ1v) is 9.98. The van der Waals surface area contributed by atoms with E-state index in [1.165, 1.54) is 7.11 Å². The van der Waals surface area contributed by atoms with Crippen LogP contribution in [0.1, 0.15) is 12.0 Å². The van der Waals surface area contributed by atoms with Crippen LogP contribution in [0.15, 0.2) is 42.6 Å². The minimum atomic E-state index is -0.520. The number of benzene rings is 1. The second-order valence-corrected chi connectivity index (χ2v) is 8.19. The van der Waals surface area contributed by atoms with Gasteiger partial charge >= 0.3 is 6.09 Å². The van der Waals surface area contributed by atoms with Gasteiger partial charge in [-0.1, -0.05) is 18.2 Å². The van der Waals surface area contributed by atoms with Gasteiger partial charge in [0.1, 0.15) is 5.82 Å². The third kappa shape index (κ3) is 2.68. The maximum Gasteiger partial charge on any atom is 0.411 e. The average Bonchev–Trinajstić information content (AvgIpc) is 3.31. The summed E-state index contributed by atoms with van der Waals surface area (Å²) < 4.78 is 4.60. The number of ether oxygens (including phenoxy) is 1. The predicted molar refractivity (Wildman–Crippen MR) is 110 cm³/mol. The summed E-state index contributed by atoms with van der Waals surface area (Å²) >= 11 is 0. The number of anilines is 3. The lowest BCUT2D eigenvalue weighted by atomic mass is 9.95. The molecule has 7 nitrogen and oxygen atoms in total. The Morgan fingerprint density at radius 1 is 1.24 bits per heavy atom. The number of hydrogen-bond acceptors (Lipinski definition) is 5. The molecule has 1 saturated carbocycles. The zero-order valence-corrected chi connectivity index (χ0v) is 16.6. The molecule has 3 fully saturated rings. The molecular formula is C22H24N4O3.